The summed E-state index contributed by atoms with van der Waals surface area (Å²) in [5.74, 6) is 0. The molecule has 7 heteroatoms. The molecule has 0 fully saturated rings. The van der Waals surface area contributed by atoms with Gasteiger partial charge in [0.25, 0.3) is 0 Å². The molecule has 0 aromatic rings. The lowest BCUT2D eigenvalue weighted by atomic mass is 10.4. The summed E-state index contributed by atoms with van der Waals surface area (Å²) < 4.78 is 6.80. The molecule has 0 saturated heterocycles. The van der Waals surface area contributed by atoms with Crippen LogP contribution in [0.3, 0.4) is 0 Å². The van der Waals surface area contributed by atoms with Gasteiger partial charge in [-0.25, -0.2) is 0 Å². The molecule has 0 aliphatic rings. The highest BCUT2D eigenvalue weighted by molar-refractivity contribution is 6.86. The first kappa shape index (κ1) is 21.2. The molecule has 0 bridgehead atoms. The Labute approximate surface area is 133 Å². The van der Waals surface area contributed by atoms with Gasteiger partial charge in [-0.1, -0.05) is 13.8 Å². The quantitative estimate of drug-likeness (QED) is 0.402. The molecule has 0 heterocycles. The van der Waals surface area contributed by atoms with E-state index >= 15 is 0 Å². The second-order valence-corrected chi connectivity index (χ2v) is 15.3. The monoisotopic (exact) mass is 334 g/mol. The first-order valence-electron chi connectivity index (χ1n) is 8.32. The Hall–Kier alpha value is 0.234. The number of hydrogen-bond acceptors (Lipinski definition) is 5. The van der Waals surface area contributed by atoms with Crippen LogP contribution < -0.4 is 22.1 Å². The Bertz CT molecular complexity index is 252. The second-order valence-electron chi connectivity index (χ2n) is 6.72. The minimum Gasteiger partial charge on any atom is -0.453 e. The first-order valence-corrected chi connectivity index (χ1v) is 14.3. The van der Waals surface area contributed by atoms with Crippen LogP contribution in [-0.2, 0) is 4.12 Å². The number of hydrogen-bond donors (Lipinski definition) is 4. The van der Waals surface area contributed by atoms with Gasteiger partial charge in [-0.2, -0.15) is 0 Å². The largest absolute Gasteiger partial charge is 0.453 e. The van der Waals surface area contributed by atoms with Crippen LogP contribution >= 0.6 is 0 Å². The van der Waals surface area contributed by atoms with Crippen molar-refractivity contribution in [3.05, 3.63) is 0 Å². The molecule has 0 spiro atoms. The Balaban J connectivity index is 4.83. The minimum atomic E-state index is -1.80. The van der Waals surface area contributed by atoms with E-state index in [0.717, 1.165) is 25.9 Å². The van der Waals surface area contributed by atoms with Crippen LogP contribution in [0.2, 0.25) is 26.2 Å². The van der Waals surface area contributed by atoms with Crippen molar-refractivity contribution in [1.82, 2.24) is 10.6 Å². The molecule has 0 aliphatic heterocycles. The zero-order chi connectivity index (χ0) is 16.5. The van der Waals surface area contributed by atoms with Gasteiger partial charge < -0.3 is 26.2 Å². The van der Waals surface area contributed by atoms with E-state index in [1.165, 1.54) is 0 Å². The van der Waals surface area contributed by atoms with Crippen LogP contribution in [0.4, 0.5) is 0 Å². The molecule has 21 heavy (non-hydrogen) atoms. The SMILES string of the molecule is CCC(NCCN)[Si](C)(C)O[Si](C)(C)C(CC)NCCN. The standard InChI is InChI=1S/C14H38N4OSi2/c1-7-13(17-11-9-15)20(3,4)19-21(5,6)14(8-2)18-12-10-16/h13-14,17-18H,7-12,15-16H2,1-6H3. The van der Waals surface area contributed by atoms with Crippen LogP contribution in [0.25, 0.3) is 0 Å². The summed E-state index contributed by atoms with van der Waals surface area (Å²) in [6.07, 6.45) is 2.19. The lowest BCUT2D eigenvalue weighted by Gasteiger charge is -2.42. The van der Waals surface area contributed by atoms with Crippen LogP contribution in [0.5, 0.6) is 0 Å². The summed E-state index contributed by atoms with van der Waals surface area (Å²) in [7, 11) is -3.60. The molecule has 0 amide bonds. The topological polar surface area (TPSA) is 85.3 Å². The van der Waals surface area contributed by atoms with Gasteiger partial charge in [-0.05, 0) is 39.0 Å². The smallest absolute Gasteiger partial charge is 0.190 e. The van der Waals surface area contributed by atoms with Gasteiger partial charge in [0.1, 0.15) is 0 Å². The molecule has 2 atom stereocenters. The third-order valence-corrected chi connectivity index (χ3v) is 12.9. The molecule has 128 valence electrons. The van der Waals surface area contributed by atoms with E-state index < -0.39 is 16.6 Å². The first-order chi connectivity index (χ1) is 9.75. The number of nitrogens with two attached hydrogens (primary N) is 2. The molecule has 0 rings (SSSR count). The second kappa shape index (κ2) is 10.1. The number of nitrogens with one attached hydrogen (secondary N) is 2. The van der Waals surface area contributed by atoms with Gasteiger partial charge in [0, 0.05) is 37.5 Å². The highest BCUT2D eigenvalue weighted by Crippen LogP contribution is 2.23. The van der Waals surface area contributed by atoms with E-state index in [9.17, 15) is 0 Å². The maximum Gasteiger partial charge on any atom is 0.190 e. The van der Waals surface area contributed by atoms with E-state index in [-0.39, 0.29) is 0 Å². The van der Waals surface area contributed by atoms with E-state index in [2.05, 4.69) is 50.7 Å². The van der Waals surface area contributed by atoms with Crippen molar-refractivity contribution in [2.24, 2.45) is 11.5 Å². The van der Waals surface area contributed by atoms with Gasteiger partial charge in [0.2, 0.25) is 0 Å². The lowest BCUT2D eigenvalue weighted by molar-refractivity contribution is 0.448. The van der Waals surface area contributed by atoms with Gasteiger partial charge >= 0.3 is 0 Å². The van der Waals surface area contributed by atoms with Gasteiger partial charge in [0.05, 0.1) is 0 Å². The Morgan fingerprint density at radius 2 is 1.14 bits per heavy atom. The van der Waals surface area contributed by atoms with Gasteiger partial charge in [-0.15, -0.1) is 0 Å². The van der Waals surface area contributed by atoms with E-state index in [1.54, 1.807) is 0 Å². The number of rotatable bonds is 12. The van der Waals surface area contributed by atoms with Crippen molar-refractivity contribution in [2.75, 3.05) is 26.2 Å². The van der Waals surface area contributed by atoms with Gasteiger partial charge in [-0.3, -0.25) is 0 Å². The summed E-state index contributed by atoms with van der Waals surface area (Å²) in [4.78, 5) is 0. The van der Waals surface area contributed by atoms with E-state index in [1.807, 2.05) is 0 Å². The van der Waals surface area contributed by atoms with Crippen LogP contribution in [0.1, 0.15) is 26.7 Å². The van der Waals surface area contributed by atoms with Gasteiger partial charge in [0.15, 0.2) is 16.6 Å². The normalized spacial score (nSPS) is 16.0. The third kappa shape index (κ3) is 7.36. The summed E-state index contributed by atoms with van der Waals surface area (Å²) in [5.41, 5.74) is 12.2. The molecular weight excluding hydrogens is 296 g/mol. The summed E-state index contributed by atoms with van der Waals surface area (Å²) in [6.45, 7) is 16.9. The molecular formula is C14H38N4OSi2. The highest BCUT2D eigenvalue weighted by atomic mass is 28.4. The summed E-state index contributed by atoms with van der Waals surface area (Å²) >= 11 is 0. The molecule has 0 aromatic heterocycles. The zero-order valence-electron chi connectivity index (χ0n) is 15.0. The fourth-order valence-electron chi connectivity index (χ4n) is 3.10. The Kier molecular flexibility index (Phi) is 10.2. The Morgan fingerprint density at radius 1 is 0.810 bits per heavy atom. The fourth-order valence-corrected chi connectivity index (χ4v) is 12.9. The van der Waals surface area contributed by atoms with E-state index in [4.69, 9.17) is 15.6 Å². The average Bonchev–Trinajstić information content (AvgIpc) is 2.38. The van der Waals surface area contributed by atoms with Crippen molar-refractivity contribution in [2.45, 2.75) is 64.2 Å². The summed E-state index contributed by atoms with van der Waals surface area (Å²) in [6, 6.07) is 0. The van der Waals surface area contributed by atoms with Crippen LogP contribution in [-0.4, -0.2) is 54.1 Å². The molecule has 5 nitrogen and oxygen atoms in total. The molecule has 0 aliphatic carbocycles. The molecule has 2 unspecified atom stereocenters. The Morgan fingerprint density at radius 3 is 1.38 bits per heavy atom. The van der Waals surface area contributed by atoms with Crippen molar-refractivity contribution in [3.8, 4) is 0 Å². The third-order valence-electron chi connectivity index (χ3n) is 4.09. The van der Waals surface area contributed by atoms with Crippen molar-refractivity contribution >= 4 is 16.6 Å². The maximum absolute atomic E-state index is 6.80. The van der Waals surface area contributed by atoms with Crippen molar-refractivity contribution < 1.29 is 4.12 Å². The molecule has 0 radical (unpaired) electrons. The molecule has 0 saturated carbocycles. The van der Waals surface area contributed by atoms with Crippen LogP contribution in [0.15, 0.2) is 0 Å². The van der Waals surface area contributed by atoms with E-state index in [0.29, 0.717) is 24.4 Å². The lowest BCUT2D eigenvalue weighted by Crippen LogP contribution is -2.63. The predicted molar refractivity (Wildman–Crippen MR) is 98.3 cm³/mol. The van der Waals surface area contributed by atoms with Crippen LogP contribution in [0, 0.1) is 0 Å². The predicted octanol–water partition coefficient (Wildman–Crippen LogP) is 1.15. The summed E-state index contributed by atoms with van der Waals surface area (Å²) in [5, 5.41) is 7.15. The maximum atomic E-state index is 6.80. The fraction of sp³-hybridized carbons (Fsp3) is 1.00. The zero-order valence-corrected chi connectivity index (χ0v) is 17.0. The minimum absolute atomic E-state index is 0.458. The molecule has 6 N–H and O–H groups in total. The highest BCUT2D eigenvalue weighted by Gasteiger charge is 2.41. The molecule has 0 aromatic carbocycles. The average molecular weight is 335 g/mol. The van der Waals surface area contributed by atoms with Crippen molar-refractivity contribution in [1.29, 1.82) is 0 Å². The van der Waals surface area contributed by atoms with Crippen molar-refractivity contribution in [3.63, 3.8) is 0 Å².